The van der Waals surface area contributed by atoms with Gasteiger partial charge in [-0.05, 0) is 24.6 Å². The minimum Gasteiger partial charge on any atom is -0.380 e. The van der Waals surface area contributed by atoms with E-state index in [1.54, 1.807) is 16.8 Å². The van der Waals surface area contributed by atoms with E-state index in [1.807, 2.05) is 0 Å². The third-order valence-corrected chi connectivity index (χ3v) is 4.90. The molecule has 3 aromatic rings. The summed E-state index contributed by atoms with van der Waals surface area (Å²) in [5.41, 5.74) is -3.13. The Morgan fingerprint density at radius 2 is 1.94 bits per heavy atom. The molecular weight excluding hydrogens is 415 g/mol. The molecule has 1 aromatic heterocycles. The van der Waals surface area contributed by atoms with Gasteiger partial charge in [0.15, 0.2) is 11.5 Å². The van der Waals surface area contributed by atoms with E-state index in [0.717, 1.165) is 12.1 Å². The van der Waals surface area contributed by atoms with Gasteiger partial charge in [-0.25, -0.2) is 4.85 Å². The maximum atomic E-state index is 13.1. The number of halogens is 3. The van der Waals surface area contributed by atoms with Crippen LogP contribution in [-0.4, -0.2) is 26.0 Å². The Balaban J connectivity index is 1.83. The van der Waals surface area contributed by atoms with Crippen LogP contribution in [0.4, 0.5) is 24.5 Å². The minimum atomic E-state index is -4.74. The van der Waals surface area contributed by atoms with Crippen molar-refractivity contribution in [1.29, 1.82) is 0 Å². The number of nitrogens with zero attached hydrogens (tertiary/aromatic N) is 3. The third-order valence-electron chi connectivity index (χ3n) is 4.90. The van der Waals surface area contributed by atoms with Gasteiger partial charge < -0.3 is 9.67 Å². The van der Waals surface area contributed by atoms with Crippen LogP contribution in [-0.2, 0) is 23.9 Å². The Hall–Kier alpha value is -3.71. The molecule has 0 amide bonds. The highest BCUT2D eigenvalue weighted by Gasteiger charge is 2.35. The van der Waals surface area contributed by atoms with Crippen molar-refractivity contribution in [3.05, 3.63) is 81.3 Å². The normalized spacial score (nSPS) is 13.5. The van der Waals surface area contributed by atoms with Crippen LogP contribution >= 0.6 is 0 Å². The number of fused-ring (bicyclic) bond motifs is 1. The summed E-state index contributed by atoms with van der Waals surface area (Å²) in [4.78, 5) is 25.9. The number of rotatable bonds is 6. The summed E-state index contributed by atoms with van der Waals surface area (Å²) in [6.45, 7) is 7.93. The van der Waals surface area contributed by atoms with Gasteiger partial charge in [-0.15, -0.1) is 0 Å². The SMILES string of the molecule is [C-]#[N+]c1ccc(CC(=O)[C@@](C)(O)Cn2ccc3cc([N+](=O)[O-])ccc32)cc1C(F)(F)F. The number of carbonyl (C=O) groups is 1. The molecule has 1 atom stereocenters. The highest BCUT2D eigenvalue weighted by Crippen LogP contribution is 2.37. The summed E-state index contributed by atoms with van der Waals surface area (Å²) in [7, 11) is 0. The van der Waals surface area contributed by atoms with Crippen LogP contribution < -0.4 is 0 Å². The van der Waals surface area contributed by atoms with E-state index in [4.69, 9.17) is 6.57 Å². The number of hydrogen-bond acceptors (Lipinski definition) is 4. The predicted molar refractivity (Wildman–Crippen MR) is 106 cm³/mol. The highest BCUT2D eigenvalue weighted by atomic mass is 19.4. The van der Waals surface area contributed by atoms with E-state index in [1.165, 1.54) is 31.2 Å². The standard InChI is InChI=1S/C21H16F3N3O4/c1-20(29,12-26-8-7-14-11-15(27(30)31)4-6-18(14)26)19(28)10-13-3-5-17(25-2)16(9-13)21(22,23)24/h3-9,11,29H,10,12H2,1H3/t20-/m0/s1. The second-order valence-corrected chi connectivity index (χ2v) is 7.28. The van der Waals surface area contributed by atoms with Crippen LogP contribution in [0.1, 0.15) is 18.1 Å². The van der Waals surface area contributed by atoms with E-state index in [0.29, 0.717) is 10.9 Å². The van der Waals surface area contributed by atoms with E-state index >= 15 is 0 Å². The quantitative estimate of drug-likeness (QED) is 0.349. The van der Waals surface area contributed by atoms with E-state index in [9.17, 15) is 33.2 Å². The number of nitro benzene ring substituents is 1. The molecule has 0 bridgehead atoms. The number of alkyl halides is 3. The summed E-state index contributed by atoms with van der Waals surface area (Å²) < 4.78 is 41.0. The molecule has 7 nitrogen and oxygen atoms in total. The van der Waals surface area contributed by atoms with Crippen molar-refractivity contribution < 1.29 is 28.0 Å². The van der Waals surface area contributed by atoms with Crippen molar-refractivity contribution in [3.63, 3.8) is 0 Å². The summed E-state index contributed by atoms with van der Waals surface area (Å²) in [5.74, 6) is -0.708. The maximum Gasteiger partial charge on any atom is 0.407 e. The fourth-order valence-electron chi connectivity index (χ4n) is 3.25. The number of benzene rings is 2. The van der Waals surface area contributed by atoms with Crippen LogP contribution in [0.5, 0.6) is 0 Å². The van der Waals surface area contributed by atoms with Gasteiger partial charge in [0.1, 0.15) is 5.60 Å². The second kappa shape index (κ2) is 7.85. The van der Waals surface area contributed by atoms with Crippen LogP contribution in [0, 0.1) is 16.7 Å². The van der Waals surface area contributed by atoms with Crippen molar-refractivity contribution in [3.8, 4) is 0 Å². The predicted octanol–water partition coefficient (Wildman–Crippen LogP) is 4.68. The van der Waals surface area contributed by atoms with Crippen LogP contribution in [0.3, 0.4) is 0 Å². The zero-order valence-corrected chi connectivity index (χ0v) is 16.2. The van der Waals surface area contributed by atoms with E-state index in [-0.39, 0.29) is 17.8 Å². The zero-order valence-electron chi connectivity index (χ0n) is 16.2. The summed E-state index contributed by atoms with van der Waals surface area (Å²) >= 11 is 0. The molecule has 1 heterocycles. The Morgan fingerprint density at radius 1 is 1.23 bits per heavy atom. The molecule has 160 valence electrons. The van der Waals surface area contributed by atoms with Gasteiger partial charge in [-0.3, -0.25) is 14.9 Å². The number of nitro groups is 1. The lowest BCUT2D eigenvalue weighted by atomic mass is 9.94. The molecular formula is C21H16F3N3O4. The number of Topliss-reactive ketones (excluding diaryl/α,β-unsaturated/α-hetero) is 1. The molecule has 0 aliphatic carbocycles. The summed E-state index contributed by atoms with van der Waals surface area (Å²) in [6.07, 6.45) is -3.64. The zero-order chi connectivity index (χ0) is 23.0. The van der Waals surface area contributed by atoms with E-state index < -0.39 is 40.2 Å². The summed E-state index contributed by atoms with van der Waals surface area (Å²) in [5, 5.41) is 22.1. The molecule has 0 unspecified atom stereocenters. The lowest BCUT2D eigenvalue weighted by Gasteiger charge is -2.23. The monoisotopic (exact) mass is 431 g/mol. The van der Waals surface area contributed by atoms with Gasteiger partial charge in [0.2, 0.25) is 0 Å². The van der Waals surface area contributed by atoms with Crippen molar-refractivity contribution >= 4 is 28.1 Å². The largest absolute Gasteiger partial charge is 0.407 e. The van der Waals surface area contributed by atoms with Crippen molar-refractivity contribution in [2.45, 2.75) is 31.7 Å². The highest BCUT2D eigenvalue weighted by molar-refractivity contribution is 5.89. The Morgan fingerprint density at radius 3 is 2.55 bits per heavy atom. The lowest BCUT2D eigenvalue weighted by Crippen LogP contribution is -2.40. The van der Waals surface area contributed by atoms with Crippen molar-refractivity contribution in [2.75, 3.05) is 0 Å². The Labute approximate surface area is 174 Å². The first-order valence-electron chi connectivity index (χ1n) is 8.99. The topological polar surface area (TPSA) is 89.7 Å². The second-order valence-electron chi connectivity index (χ2n) is 7.28. The first-order valence-corrected chi connectivity index (χ1v) is 8.99. The van der Waals surface area contributed by atoms with Crippen molar-refractivity contribution in [2.24, 2.45) is 0 Å². The molecule has 31 heavy (non-hydrogen) atoms. The molecule has 0 saturated heterocycles. The number of aliphatic hydroxyl groups is 1. The van der Waals surface area contributed by atoms with Gasteiger partial charge in [-0.1, -0.05) is 18.2 Å². The molecule has 0 saturated carbocycles. The summed E-state index contributed by atoms with van der Waals surface area (Å²) in [6, 6.07) is 8.74. The fraction of sp³-hybridized carbons (Fsp3) is 0.238. The smallest absolute Gasteiger partial charge is 0.380 e. The number of hydrogen-bond donors (Lipinski definition) is 1. The van der Waals surface area contributed by atoms with Gasteiger partial charge >= 0.3 is 6.18 Å². The number of ketones is 1. The van der Waals surface area contributed by atoms with Crippen LogP contribution in [0.25, 0.3) is 15.7 Å². The molecule has 10 heteroatoms. The lowest BCUT2D eigenvalue weighted by molar-refractivity contribution is -0.384. The van der Waals surface area contributed by atoms with Crippen LogP contribution in [0.15, 0.2) is 48.7 Å². The molecule has 0 radical (unpaired) electrons. The third kappa shape index (κ3) is 4.57. The van der Waals surface area contributed by atoms with E-state index in [2.05, 4.69) is 4.85 Å². The van der Waals surface area contributed by atoms with Crippen molar-refractivity contribution in [1.82, 2.24) is 4.57 Å². The Bertz CT molecular complexity index is 1220. The van der Waals surface area contributed by atoms with Crippen LogP contribution in [0.2, 0.25) is 0 Å². The average molecular weight is 431 g/mol. The molecule has 0 spiro atoms. The fourth-order valence-corrected chi connectivity index (χ4v) is 3.25. The minimum absolute atomic E-state index is 0.0259. The first kappa shape index (κ1) is 22.0. The molecule has 3 rings (SSSR count). The molecule has 2 aromatic carbocycles. The molecule has 0 aliphatic rings. The van der Waals surface area contributed by atoms with Gasteiger partial charge in [0.05, 0.1) is 23.6 Å². The maximum absolute atomic E-state index is 13.1. The van der Waals surface area contributed by atoms with Gasteiger partial charge in [-0.2, -0.15) is 13.2 Å². The number of carbonyl (C=O) groups excluding carboxylic acids is 1. The molecule has 1 N–H and O–H groups in total. The Kier molecular flexibility index (Phi) is 5.57. The molecule has 0 aliphatic heterocycles. The molecule has 0 fully saturated rings. The van der Waals surface area contributed by atoms with Gasteiger partial charge in [0, 0.05) is 35.7 Å². The number of aromatic nitrogens is 1. The first-order chi connectivity index (χ1) is 14.4. The van der Waals surface area contributed by atoms with Gasteiger partial charge in [0.25, 0.3) is 5.69 Å². The average Bonchev–Trinajstić information content (AvgIpc) is 3.08. The number of non-ortho nitro benzene ring substituents is 1.